The summed E-state index contributed by atoms with van der Waals surface area (Å²) in [5.74, 6) is 0.472. The van der Waals surface area contributed by atoms with Gasteiger partial charge in [0.05, 0.1) is 5.71 Å². The van der Waals surface area contributed by atoms with Crippen LogP contribution in [0.1, 0.15) is 6.92 Å². The highest BCUT2D eigenvalue weighted by atomic mass is 16.5. The van der Waals surface area contributed by atoms with Gasteiger partial charge >= 0.3 is 6.09 Å². The van der Waals surface area contributed by atoms with Gasteiger partial charge in [0.15, 0.2) is 0 Å². The van der Waals surface area contributed by atoms with Gasteiger partial charge in [-0.05, 0) is 31.2 Å². The molecule has 0 fully saturated rings. The largest absolute Gasteiger partial charge is 0.439 e. The van der Waals surface area contributed by atoms with Crippen LogP contribution in [-0.4, -0.2) is 11.8 Å². The Labute approximate surface area is 94.8 Å². The van der Waals surface area contributed by atoms with Gasteiger partial charge in [0, 0.05) is 0 Å². The van der Waals surface area contributed by atoms with Crippen molar-refractivity contribution in [3.05, 3.63) is 55.1 Å². The van der Waals surface area contributed by atoms with E-state index >= 15 is 0 Å². The Morgan fingerprint density at radius 2 is 2.06 bits per heavy atom. The van der Waals surface area contributed by atoms with Crippen LogP contribution in [-0.2, 0) is 0 Å². The van der Waals surface area contributed by atoms with Gasteiger partial charge in [0.25, 0.3) is 0 Å². The molecule has 0 saturated carbocycles. The summed E-state index contributed by atoms with van der Waals surface area (Å²) in [5.41, 5.74) is 0.475. The van der Waals surface area contributed by atoms with Crippen molar-refractivity contribution in [3.63, 3.8) is 0 Å². The van der Waals surface area contributed by atoms with Gasteiger partial charge in [-0.2, -0.15) is 4.99 Å². The predicted molar refractivity (Wildman–Crippen MR) is 64.9 cm³/mol. The Morgan fingerprint density at radius 1 is 1.38 bits per heavy atom. The lowest BCUT2D eigenvalue weighted by Gasteiger charge is -1.99. The van der Waals surface area contributed by atoms with Crippen LogP contribution in [0.5, 0.6) is 5.75 Å². The van der Waals surface area contributed by atoms with Gasteiger partial charge < -0.3 is 4.74 Å². The Balaban J connectivity index is 2.69. The van der Waals surface area contributed by atoms with Gasteiger partial charge in [-0.1, -0.05) is 30.9 Å². The molecule has 1 amide bonds. The second-order valence-corrected chi connectivity index (χ2v) is 2.92. The second-order valence-electron chi connectivity index (χ2n) is 2.92. The fraction of sp³-hybridized carbons (Fsp3) is 0.0769. The van der Waals surface area contributed by atoms with Crippen molar-refractivity contribution in [2.24, 2.45) is 4.99 Å². The zero-order chi connectivity index (χ0) is 11.8. The van der Waals surface area contributed by atoms with E-state index in [1.54, 1.807) is 36.4 Å². The zero-order valence-corrected chi connectivity index (χ0v) is 9.09. The number of hydrogen-bond donors (Lipinski definition) is 0. The number of carbonyl (C=O) groups excluding carboxylic acids is 1. The molecule has 0 heterocycles. The smallest absolute Gasteiger partial charge is 0.409 e. The van der Waals surface area contributed by atoms with Crippen molar-refractivity contribution in [3.8, 4) is 5.75 Å². The van der Waals surface area contributed by atoms with Crippen LogP contribution in [0.15, 0.2) is 60.1 Å². The summed E-state index contributed by atoms with van der Waals surface area (Å²) in [4.78, 5) is 15.1. The number of amides is 1. The molecule has 3 heteroatoms. The molecule has 0 atom stereocenters. The van der Waals surface area contributed by atoms with Crippen molar-refractivity contribution < 1.29 is 9.53 Å². The molecule has 1 aromatic carbocycles. The number of para-hydroxylation sites is 1. The zero-order valence-electron chi connectivity index (χ0n) is 9.09. The van der Waals surface area contributed by atoms with Crippen LogP contribution in [0, 0.1) is 0 Å². The highest BCUT2D eigenvalue weighted by molar-refractivity contribution is 6.08. The van der Waals surface area contributed by atoms with E-state index in [1.165, 1.54) is 6.08 Å². The lowest BCUT2D eigenvalue weighted by molar-refractivity contribution is 0.211. The van der Waals surface area contributed by atoms with E-state index in [-0.39, 0.29) is 0 Å². The van der Waals surface area contributed by atoms with E-state index in [4.69, 9.17) is 4.74 Å². The van der Waals surface area contributed by atoms with E-state index in [2.05, 4.69) is 11.6 Å². The first-order chi connectivity index (χ1) is 7.76. The second kappa shape index (κ2) is 6.35. The molecule has 0 aromatic heterocycles. The lowest BCUT2D eigenvalue weighted by Crippen LogP contribution is -2.04. The number of carbonyl (C=O) groups is 1. The standard InChI is InChI=1S/C13H13NO2/c1-3-8-11(4-2)14-13(15)16-12-9-6-5-7-10-12/h3-10H,2H2,1H3/b8-3-,14-11?. The van der Waals surface area contributed by atoms with Crippen LogP contribution in [0.3, 0.4) is 0 Å². The maximum atomic E-state index is 11.4. The number of ether oxygens (including phenoxy) is 1. The quantitative estimate of drug-likeness (QED) is 0.725. The Kier molecular flexibility index (Phi) is 4.73. The molecular weight excluding hydrogens is 202 g/mol. The third kappa shape index (κ3) is 3.92. The molecule has 0 radical (unpaired) electrons. The van der Waals surface area contributed by atoms with Gasteiger partial charge in [-0.15, -0.1) is 0 Å². The minimum Gasteiger partial charge on any atom is -0.409 e. The maximum Gasteiger partial charge on any atom is 0.439 e. The Morgan fingerprint density at radius 3 is 2.62 bits per heavy atom. The molecule has 0 aliphatic rings. The van der Waals surface area contributed by atoms with Crippen molar-refractivity contribution >= 4 is 11.8 Å². The molecule has 0 N–H and O–H groups in total. The van der Waals surface area contributed by atoms with Crippen LogP contribution in [0.25, 0.3) is 0 Å². The molecule has 0 aliphatic heterocycles. The highest BCUT2D eigenvalue weighted by Crippen LogP contribution is 2.09. The maximum absolute atomic E-state index is 11.4. The van der Waals surface area contributed by atoms with Gasteiger partial charge in [0.1, 0.15) is 5.75 Å². The van der Waals surface area contributed by atoms with Crippen LogP contribution in [0.2, 0.25) is 0 Å². The van der Waals surface area contributed by atoms with Crippen LogP contribution in [0.4, 0.5) is 4.79 Å². The van der Waals surface area contributed by atoms with Crippen molar-refractivity contribution in [1.82, 2.24) is 0 Å². The van der Waals surface area contributed by atoms with Crippen LogP contribution >= 0.6 is 0 Å². The van der Waals surface area contributed by atoms with Crippen LogP contribution < -0.4 is 4.74 Å². The minimum absolute atomic E-state index is 0.472. The fourth-order valence-electron chi connectivity index (χ4n) is 1.04. The van der Waals surface area contributed by atoms with Crippen molar-refractivity contribution in [2.75, 3.05) is 0 Å². The summed E-state index contributed by atoms with van der Waals surface area (Å²) in [6.45, 7) is 5.38. The fourth-order valence-corrected chi connectivity index (χ4v) is 1.04. The lowest BCUT2D eigenvalue weighted by atomic mass is 10.3. The first-order valence-electron chi connectivity index (χ1n) is 4.87. The van der Waals surface area contributed by atoms with E-state index < -0.39 is 6.09 Å². The molecule has 0 spiro atoms. The SMILES string of the molecule is C=CC(/C=C\C)=NC(=O)Oc1ccccc1. The average Bonchev–Trinajstić information content (AvgIpc) is 2.29. The number of hydrogen-bond acceptors (Lipinski definition) is 2. The first-order valence-corrected chi connectivity index (χ1v) is 4.87. The molecule has 0 bridgehead atoms. The van der Waals surface area contributed by atoms with E-state index in [1.807, 2.05) is 13.0 Å². The van der Waals surface area contributed by atoms with Crippen molar-refractivity contribution in [2.45, 2.75) is 6.92 Å². The number of allylic oxidation sites excluding steroid dienone is 3. The summed E-state index contributed by atoms with van der Waals surface area (Å²) in [7, 11) is 0. The topological polar surface area (TPSA) is 38.7 Å². The highest BCUT2D eigenvalue weighted by Gasteiger charge is 2.01. The molecule has 0 saturated heterocycles. The monoisotopic (exact) mass is 215 g/mol. The van der Waals surface area contributed by atoms with Gasteiger partial charge in [-0.25, -0.2) is 4.79 Å². The number of nitrogens with zero attached hydrogens (tertiary/aromatic N) is 1. The van der Waals surface area contributed by atoms with Gasteiger partial charge in [-0.3, -0.25) is 0 Å². The molecular formula is C13H13NO2. The van der Waals surface area contributed by atoms with E-state index in [0.29, 0.717) is 11.5 Å². The molecule has 82 valence electrons. The third-order valence-corrected chi connectivity index (χ3v) is 1.72. The molecule has 3 nitrogen and oxygen atoms in total. The molecule has 0 aliphatic carbocycles. The Bertz CT molecular complexity index is 419. The van der Waals surface area contributed by atoms with E-state index in [9.17, 15) is 4.79 Å². The summed E-state index contributed by atoms with van der Waals surface area (Å²) < 4.78 is 4.98. The summed E-state index contributed by atoms with van der Waals surface area (Å²) in [6.07, 6.45) is 4.29. The predicted octanol–water partition coefficient (Wildman–Crippen LogP) is 3.39. The summed E-state index contributed by atoms with van der Waals surface area (Å²) in [6, 6.07) is 8.79. The van der Waals surface area contributed by atoms with Gasteiger partial charge in [0.2, 0.25) is 0 Å². The first kappa shape index (κ1) is 11.9. The Hall–Kier alpha value is -2.16. The molecule has 0 unspecified atom stereocenters. The summed E-state index contributed by atoms with van der Waals surface area (Å²) >= 11 is 0. The number of aliphatic imine (C=N–C) groups is 1. The minimum atomic E-state index is -0.654. The number of benzene rings is 1. The molecule has 1 aromatic rings. The third-order valence-electron chi connectivity index (χ3n) is 1.72. The normalized spacial score (nSPS) is 11.4. The number of rotatable bonds is 3. The van der Waals surface area contributed by atoms with Crippen molar-refractivity contribution in [1.29, 1.82) is 0 Å². The molecule has 1 rings (SSSR count). The summed E-state index contributed by atoms with van der Waals surface area (Å²) in [5, 5.41) is 0. The molecule has 16 heavy (non-hydrogen) atoms. The average molecular weight is 215 g/mol. The van der Waals surface area contributed by atoms with E-state index in [0.717, 1.165) is 0 Å².